The van der Waals surface area contributed by atoms with Gasteiger partial charge in [0, 0.05) is 46.8 Å². The Morgan fingerprint density at radius 1 is 1.06 bits per heavy atom. The van der Waals surface area contributed by atoms with Crippen LogP contribution in [-0.2, 0) is 27.8 Å². The van der Waals surface area contributed by atoms with Crippen LogP contribution in [0.4, 0.5) is 5.69 Å². The van der Waals surface area contributed by atoms with Gasteiger partial charge in [-0.1, -0.05) is 68.5 Å². The number of ketones is 1. The zero-order valence-corrected chi connectivity index (χ0v) is 29.2. The SMILES string of the molecule is CC(C)C1NC(=O)C(CC(=O)[C@@H]2C[C@@H](O)CN2)Cc2ccc3c(c2)C24c5cccc(c5N[C@H]2O3)-c2cccc3c2C(=CC3)c2cnc(o2)-c2nc1oc24. The molecule has 53 heavy (non-hydrogen) atoms. The van der Waals surface area contributed by atoms with Gasteiger partial charge in [0.1, 0.15) is 17.2 Å². The number of oxazole rings is 2. The Bertz CT molecular complexity index is 2440. The average Bonchev–Trinajstić information content (AvgIpc) is 3.99. The van der Waals surface area contributed by atoms with Crippen LogP contribution in [0.5, 0.6) is 5.75 Å². The van der Waals surface area contributed by atoms with E-state index in [4.69, 9.17) is 23.5 Å². The van der Waals surface area contributed by atoms with Gasteiger partial charge in [0.15, 0.2) is 29.2 Å². The molecule has 5 aromatic rings. The Labute approximate surface area is 304 Å². The van der Waals surface area contributed by atoms with Gasteiger partial charge in [0.2, 0.25) is 17.7 Å². The maximum absolute atomic E-state index is 14.3. The molecule has 7 heterocycles. The van der Waals surface area contributed by atoms with Crippen LogP contribution in [0.25, 0.3) is 28.3 Å². The first-order valence-corrected chi connectivity index (χ1v) is 18.5. The van der Waals surface area contributed by atoms with E-state index in [1.165, 1.54) is 5.56 Å². The number of aromatic nitrogens is 2. The average molecular weight is 708 g/mol. The van der Waals surface area contributed by atoms with Gasteiger partial charge >= 0.3 is 0 Å². The number of carbonyl (C=O) groups excluding carboxylic acids is 2. The number of allylic oxidation sites excluding steroid dienone is 1. The first-order valence-electron chi connectivity index (χ1n) is 18.5. The summed E-state index contributed by atoms with van der Waals surface area (Å²) in [4.78, 5) is 37.9. The molecule has 6 aliphatic rings. The largest absolute Gasteiger partial charge is 0.469 e. The molecule has 1 amide bonds. The Hall–Kier alpha value is -5.52. The molecular formula is C42H37N5O6. The Morgan fingerprint density at radius 2 is 1.92 bits per heavy atom. The first-order chi connectivity index (χ1) is 25.8. The number of Topliss-reactive ketones (excluding diaryl/α,β-unsaturated/α-hetero) is 1. The fourth-order valence-electron chi connectivity index (χ4n) is 9.57. The van der Waals surface area contributed by atoms with Crippen LogP contribution in [0.3, 0.4) is 0 Å². The van der Waals surface area contributed by atoms with Crippen LogP contribution < -0.4 is 20.7 Å². The van der Waals surface area contributed by atoms with Crippen molar-refractivity contribution in [1.82, 2.24) is 20.6 Å². The zero-order valence-electron chi connectivity index (χ0n) is 29.2. The molecule has 2 aromatic heterocycles. The van der Waals surface area contributed by atoms with Crippen LogP contribution in [0.15, 0.2) is 75.7 Å². The van der Waals surface area contributed by atoms with Crippen molar-refractivity contribution in [3.05, 3.63) is 112 Å². The van der Waals surface area contributed by atoms with Crippen molar-refractivity contribution in [1.29, 1.82) is 0 Å². The number of ether oxygens (including phenoxy) is 1. The second-order valence-corrected chi connectivity index (χ2v) is 15.6. The lowest BCUT2D eigenvalue weighted by molar-refractivity contribution is -0.131. The molecule has 0 radical (unpaired) electrons. The molecule has 1 fully saturated rings. The summed E-state index contributed by atoms with van der Waals surface area (Å²) < 4.78 is 20.6. The number of amides is 1. The number of β-amino-alcohol motifs (C(OH)–C–C–N with tert-alkyl or cyclic N) is 1. The van der Waals surface area contributed by atoms with E-state index in [1.807, 2.05) is 26.0 Å². The molecule has 1 saturated heterocycles. The summed E-state index contributed by atoms with van der Waals surface area (Å²) in [6, 6.07) is 17.7. The van der Waals surface area contributed by atoms with Gasteiger partial charge in [-0.2, -0.15) is 0 Å². The number of nitrogens with zero attached hydrogens (tertiary/aromatic N) is 2. The van der Waals surface area contributed by atoms with Gasteiger partial charge in [-0.15, -0.1) is 0 Å². The molecule has 3 unspecified atom stereocenters. The molecule has 11 heteroatoms. The van der Waals surface area contributed by atoms with Crippen molar-refractivity contribution in [3.8, 4) is 28.5 Å². The molecule has 1 aliphatic carbocycles. The highest BCUT2D eigenvalue weighted by atomic mass is 16.5. The maximum atomic E-state index is 14.3. The van der Waals surface area contributed by atoms with E-state index in [9.17, 15) is 14.7 Å². The molecule has 1 spiro atoms. The highest BCUT2D eigenvalue weighted by molar-refractivity contribution is 5.97. The fourth-order valence-corrected chi connectivity index (χ4v) is 9.57. The van der Waals surface area contributed by atoms with E-state index < -0.39 is 35.7 Å². The number of hydrogen-bond acceptors (Lipinski definition) is 10. The van der Waals surface area contributed by atoms with Gasteiger partial charge < -0.3 is 34.6 Å². The Morgan fingerprint density at radius 3 is 2.77 bits per heavy atom. The number of para-hydroxylation sites is 1. The molecule has 5 aliphatic heterocycles. The summed E-state index contributed by atoms with van der Waals surface area (Å²) in [6.45, 7) is 4.38. The van der Waals surface area contributed by atoms with E-state index in [1.54, 1.807) is 6.20 Å². The number of fused-ring (bicyclic) bond motifs is 7. The highest BCUT2D eigenvalue weighted by Gasteiger charge is 2.61. The van der Waals surface area contributed by atoms with Gasteiger partial charge in [-0.25, -0.2) is 9.97 Å². The normalized spacial score (nSPS) is 26.8. The quantitative estimate of drug-likeness (QED) is 0.190. The number of aliphatic hydroxyl groups is 1. The lowest BCUT2D eigenvalue weighted by Crippen LogP contribution is -2.41. The monoisotopic (exact) mass is 707 g/mol. The van der Waals surface area contributed by atoms with Crippen molar-refractivity contribution >= 4 is 23.0 Å². The van der Waals surface area contributed by atoms with Gasteiger partial charge in [0.25, 0.3) is 0 Å². The summed E-state index contributed by atoms with van der Waals surface area (Å²) in [6.07, 6.45) is 4.25. The van der Waals surface area contributed by atoms with Crippen LogP contribution >= 0.6 is 0 Å². The molecule has 3 aromatic carbocycles. The standard InChI is InChI=1S/C42H37N5O6/c1-19(2)34-40-46-36-37(53-40)42-27-8-4-7-25(24-6-3-5-21-10-11-26(33(21)24)32-18-44-39(36)51-32)35(27)47-41(42)52-31-12-9-20(14-28(31)42)13-22(38(50)45-34)15-30(49)29-16-23(48)17-43-29/h3-9,11-12,14,18-19,22-23,29,34,41,43,47-48H,10,13,15-17H2,1-2H3,(H,45,50)/t22?,23-,29+,34?,41+,42?/m1/s1. The smallest absolute Gasteiger partial charge is 0.249 e. The second-order valence-electron chi connectivity index (χ2n) is 15.6. The molecule has 4 N–H and O–H groups in total. The molecule has 0 saturated carbocycles. The third-order valence-electron chi connectivity index (χ3n) is 12.1. The Kier molecular flexibility index (Phi) is 6.44. The molecule has 10 bridgehead atoms. The predicted molar refractivity (Wildman–Crippen MR) is 194 cm³/mol. The summed E-state index contributed by atoms with van der Waals surface area (Å²) in [5.41, 5.74) is 8.60. The minimum atomic E-state index is -1.01. The van der Waals surface area contributed by atoms with Gasteiger partial charge in [0.05, 0.1) is 18.3 Å². The van der Waals surface area contributed by atoms with Crippen LogP contribution in [0, 0.1) is 11.8 Å². The van der Waals surface area contributed by atoms with E-state index in [2.05, 4.69) is 64.5 Å². The molecule has 6 atom stereocenters. The van der Waals surface area contributed by atoms with Gasteiger partial charge in [-0.3, -0.25) is 9.59 Å². The summed E-state index contributed by atoms with van der Waals surface area (Å²) in [5.74, 6) is 1.36. The number of rotatable bonds is 4. The number of anilines is 1. The number of benzene rings is 3. The summed E-state index contributed by atoms with van der Waals surface area (Å²) in [5, 5.41) is 20.3. The highest BCUT2D eigenvalue weighted by Crippen LogP contribution is 2.61. The lowest BCUT2D eigenvalue weighted by atomic mass is 9.71. The van der Waals surface area contributed by atoms with Crippen molar-refractivity contribution in [2.45, 2.75) is 69.4 Å². The van der Waals surface area contributed by atoms with Crippen LogP contribution in [0.2, 0.25) is 0 Å². The minimum absolute atomic E-state index is 0.0224. The molecule has 266 valence electrons. The first kappa shape index (κ1) is 31.0. The predicted octanol–water partition coefficient (Wildman–Crippen LogP) is 5.44. The van der Waals surface area contributed by atoms with Crippen molar-refractivity contribution in [2.24, 2.45) is 11.8 Å². The van der Waals surface area contributed by atoms with Crippen LogP contribution in [-0.4, -0.2) is 51.7 Å². The minimum Gasteiger partial charge on any atom is -0.469 e. The van der Waals surface area contributed by atoms with Crippen molar-refractivity contribution in [3.63, 3.8) is 0 Å². The third kappa shape index (κ3) is 4.29. The van der Waals surface area contributed by atoms with Crippen molar-refractivity contribution < 1.29 is 28.3 Å². The Balaban J connectivity index is 1.17. The summed E-state index contributed by atoms with van der Waals surface area (Å²) >= 11 is 0. The number of carbonyl (C=O) groups is 2. The van der Waals surface area contributed by atoms with E-state index >= 15 is 0 Å². The van der Waals surface area contributed by atoms with E-state index in [0.717, 1.165) is 51.1 Å². The maximum Gasteiger partial charge on any atom is 0.249 e. The van der Waals surface area contributed by atoms with Gasteiger partial charge in [-0.05, 0) is 53.5 Å². The van der Waals surface area contributed by atoms with E-state index in [0.29, 0.717) is 54.1 Å². The number of nitrogens with one attached hydrogen (secondary N) is 3. The fraction of sp³-hybridized carbons (Fsp3) is 0.333. The second kappa shape index (κ2) is 11.0. The zero-order chi connectivity index (χ0) is 35.7. The lowest BCUT2D eigenvalue weighted by Gasteiger charge is -2.28. The summed E-state index contributed by atoms with van der Waals surface area (Å²) in [7, 11) is 0. The number of hydrogen-bond donors (Lipinski definition) is 4. The molecule has 11 nitrogen and oxygen atoms in total. The third-order valence-corrected chi connectivity index (χ3v) is 12.1. The molecule has 11 rings (SSSR count). The molecular weight excluding hydrogens is 670 g/mol. The van der Waals surface area contributed by atoms with E-state index in [-0.39, 0.29) is 24.0 Å². The van der Waals surface area contributed by atoms with Crippen molar-refractivity contribution in [2.75, 3.05) is 11.9 Å². The van der Waals surface area contributed by atoms with Crippen LogP contribution in [0.1, 0.15) is 78.0 Å². The topological polar surface area (TPSA) is 152 Å². The number of aliphatic hydroxyl groups excluding tert-OH is 1.